The van der Waals surface area contributed by atoms with E-state index in [1.807, 2.05) is 12.1 Å². The van der Waals surface area contributed by atoms with Crippen LogP contribution in [0.3, 0.4) is 0 Å². The number of hydrogen-bond acceptors (Lipinski definition) is 11. The third kappa shape index (κ3) is 8.24. The van der Waals surface area contributed by atoms with Crippen LogP contribution in [0.5, 0.6) is 0 Å². The van der Waals surface area contributed by atoms with Crippen LogP contribution in [0.15, 0.2) is 24.3 Å². The van der Waals surface area contributed by atoms with Crippen LogP contribution < -0.4 is 45.3 Å². The third-order valence-corrected chi connectivity index (χ3v) is 5.26. The summed E-state index contributed by atoms with van der Waals surface area (Å²) in [6.07, 6.45) is 7.40. The molecule has 14 N–H and O–H groups in total. The largest absolute Gasteiger partial charge is 0.344 e. The molecule has 12 heteroatoms. The fourth-order valence-electron chi connectivity index (χ4n) is 3.65. The average Bonchev–Trinajstić information content (AvgIpc) is 2.74. The second-order valence-corrected chi connectivity index (χ2v) is 7.47. The van der Waals surface area contributed by atoms with E-state index >= 15 is 0 Å². The minimum Gasteiger partial charge on any atom is -0.344 e. The van der Waals surface area contributed by atoms with Gasteiger partial charge in [-0.25, -0.2) is 0 Å². The zero-order chi connectivity index (χ0) is 18.5. The maximum atomic E-state index is 4.81. The van der Waals surface area contributed by atoms with Gasteiger partial charge in [0.25, 0.3) is 0 Å². The molecule has 2 saturated heterocycles. The zero-order valence-electron chi connectivity index (χ0n) is 19.4. The van der Waals surface area contributed by atoms with Gasteiger partial charge in [0.2, 0.25) is 17.8 Å². The molecule has 0 amide bonds. The highest BCUT2D eigenvalue weighted by Crippen LogP contribution is 2.22. The van der Waals surface area contributed by atoms with Gasteiger partial charge in [-0.2, -0.15) is 15.0 Å². The summed E-state index contributed by atoms with van der Waals surface area (Å²) >= 11 is 0. The molecule has 2 aromatic rings. The number of nitrogens with one attached hydrogen (secondary N) is 2. The molecule has 192 valence electrons. The van der Waals surface area contributed by atoms with Crippen molar-refractivity contribution in [3.8, 4) is 0 Å². The van der Waals surface area contributed by atoms with Crippen LogP contribution in [-0.2, 0) is 0 Å². The van der Waals surface area contributed by atoms with E-state index in [1.54, 1.807) is 0 Å². The second kappa shape index (κ2) is 15.4. The first-order chi connectivity index (χ1) is 13.3. The number of nitrogens with zero attached hydrogens (tertiary/aromatic N) is 5. The van der Waals surface area contributed by atoms with Crippen LogP contribution in [0.4, 0.5) is 23.5 Å². The van der Waals surface area contributed by atoms with E-state index in [9.17, 15) is 0 Å². The molecule has 0 unspecified atom stereocenters. The predicted octanol–water partition coefficient (Wildman–Crippen LogP) is 5.65. The lowest BCUT2D eigenvalue weighted by molar-refractivity contribution is 0.556. The highest BCUT2D eigenvalue weighted by Gasteiger charge is 2.20. The van der Waals surface area contributed by atoms with Crippen LogP contribution in [-0.4, -0.2) is 41.1 Å². The molecule has 2 fully saturated rings. The first-order valence-corrected chi connectivity index (χ1v) is 10.1. The molecule has 0 bridgehead atoms. The fraction of sp³-hybridized carbons (Fsp3) is 0.550. The van der Waals surface area contributed by atoms with Crippen LogP contribution in [0, 0.1) is 6.92 Å². The van der Waals surface area contributed by atoms with Crippen molar-refractivity contribution < 1.29 is 5.71 Å². The van der Waals surface area contributed by atoms with Gasteiger partial charge >= 0.3 is 0 Å². The first-order valence-electron chi connectivity index (χ1n) is 10.1. The Kier molecular flexibility index (Phi) is 15.3. The lowest BCUT2D eigenvalue weighted by Crippen LogP contribution is -2.34. The molecular weight excluding hydrogens is 430 g/mol. The molecular formula is C20H50ClN11. The Morgan fingerprint density at radius 3 is 1.53 bits per heavy atom. The van der Waals surface area contributed by atoms with Gasteiger partial charge in [-0.3, -0.25) is 10.9 Å². The summed E-state index contributed by atoms with van der Waals surface area (Å²) in [5, 5.41) is 0. The molecule has 1 aromatic heterocycles. The van der Waals surface area contributed by atoms with Gasteiger partial charge in [0.05, 0.1) is 5.69 Å². The van der Waals surface area contributed by atoms with Crippen molar-refractivity contribution in [1.82, 2.24) is 39.6 Å². The van der Waals surface area contributed by atoms with E-state index in [0.717, 1.165) is 43.8 Å². The summed E-state index contributed by atoms with van der Waals surface area (Å²) in [7, 11) is 0. The number of piperidine rings is 2. The number of hydrazine groups is 1. The van der Waals surface area contributed by atoms with Crippen LogP contribution in [0.1, 0.15) is 49.8 Å². The van der Waals surface area contributed by atoms with Gasteiger partial charge in [-0.05, 0) is 57.6 Å². The molecule has 1 aromatic carbocycles. The van der Waals surface area contributed by atoms with Gasteiger partial charge in [-0.15, -0.1) is 12.4 Å². The van der Waals surface area contributed by atoms with Crippen molar-refractivity contribution in [2.75, 3.05) is 46.8 Å². The quantitative estimate of drug-likeness (QED) is 0.288. The highest BCUT2D eigenvalue weighted by atomic mass is 35.5. The molecule has 0 aliphatic carbocycles. The number of hydrogen-bond donors (Lipinski definition) is 6. The summed E-state index contributed by atoms with van der Waals surface area (Å²) in [6, 6.07) is 8.24. The normalized spacial score (nSPS) is 14.9. The van der Waals surface area contributed by atoms with E-state index in [-0.39, 0.29) is 42.7 Å². The Hall–Kier alpha value is -2.44. The van der Waals surface area contributed by atoms with Crippen molar-refractivity contribution >= 4 is 35.9 Å². The molecule has 4 rings (SSSR count). The van der Waals surface area contributed by atoms with Crippen molar-refractivity contribution in [3.05, 3.63) is 29.8 Å². The molecule has 0 atom stereocenters. The number of benzene rings is 1. The first kappa shape index (κ1) is 31.7. The van der Waals surface area contributed by atoms with E-state index in [4.69, 9.17) is 4.98 Å². The Balaban J connectivity index is -0.000000250. The van der Waals surface area contributed by atoms with Gasteiger partial charge in [0, 0.05) is 31.9 Å². The molecule has 0 radical (unpaired) electrons. The Morgan fingerprint density at radius 1 is 0.656 bits per heavy atom. The van der Waals surface area contributed by atoms with E-state index in [0.29, 0.717) is 5.95 Å². The van der Waals surface area contributed by atoms with Gasteiger partial charge < -0.3 is 34.4 Å². The topological polar surface area (TPSA) is 209 Å². The summed E-state index contributed by atoms with van der Waals surface area (Å²) in [5.74, 6) is 2.16. The molecule has 2 aliphatic rings. The Morgan fingerprint density at radius 2 is 1.09 bits per heavy atom. The molecule has 32 heavy (non-hydrogen) atoms. The van der Waals surface area contributed by atoms with Crippen molar-refractivity contribution in [1.29, 1.82) is 0 Å². The molecule has 3 heterocycles. The number of anilines is 4. The number of rotatable bonds is 5. The highest BCUT2D eigenvalue weighted by molar-refractivity contribution is 5.85. The summed E-state index contributed by atoms with van der Waals surface area (Å²) in [6.45, 7) is 6.17. The molecule has 2 aliphatic heterocycles. The lowest BCUT2D eigenvalue weighted by Gasteiger charge is -2.30. The third-order valence-electron chi connectivity index (χ3n) is 5.26. The van der Waals surface area contributed by atoms with E-state index in [2.05, 4.69) is 49.7 Å². The smallest absolute Gasteiger partial charge is 0.248 e. The van der Waals surface area contributed by atoms with E-state index in [1.165, 1.54) is 44.1 Å². The molecule has 11 nitrogen and oxygen atoms in total. The second-order valence-electron chi connectivity index (χ2n) is 7.47. The SMILES string of the molecule is Cc1ccc(NNc2nc(N3CCCCC3)nc(N3CCCCC3)n2)cc1.Cl.N.N.N.N.[HH].[HH].[HH].[HH]. The Bertz CT molecular complexity index is 730. The maximum Gasteiger partial charge on any atom is 0.248 e. The fourth-order valence-corrected chi connectivity index (χ4v) is 3.65. The monoisotopic (exact) mass is 479 g/mol. The van der Waals surface area contributed by atoms with Crippen molar-refractivity contribution in [2.24, 2.45) is 0 Å². The zero-order valence-corrected chi connectivity index (χ0v) is 20.2. The van der Waals surface area contributed by atoms with Gasteiger partial charge in [0.15, 0.2) is 0 Å². The minimum absolute atomic E-state index is 0. The summed E-state index contributed by atoms with van der Waals surface area (Å²) in [5.41, 5.74) is 8.61. The van der Waals surface area contributed by atoms with Crippen molar-refractivity contribution in [2.45, 2.75) is 45.4 Å². The standard InChI is InChI=1S/C20H29N7.ClH.4H3N.4H2/c1-16-8-10-17(11-9-16)24-25-18-21-19(26-12-4-2-5-13-26)23-20(22-18)27-14-6-3-7-15-27;;;;;;;;;/h8-11,24H,2-7,12-15H2,1H3,(H,21,22,23,25);1H;4*1H3;4*1H. The molecule has 0 saturated carbocycles. The minimum atomic E-state index is 0. The summed E-state index contributed by atoms with van der Waals surface area (Å²) < 4.78 is 0. The van der Waals surface area contributed by atoms with Crippen LogP contribution >= 0.6 is 12.4 Å². The van der Waals surface area contributed by atoms with Crippen LogP contribution in [0.2, 0.25) is 0 Å². The van der Waals surface area contributed by atoms with Crippen LogP contribution in [0.25, 0.3) is 0 Å². The predicted molar refractivity (Wildman–Crippen MR) is 146 cm³/mol. The summed E-state index contributed by atoms with van der Waals surface area (Å²) in [4.78, 5) is 18.8. The maximum absolute atomic E-state index is 4.81. The number of aromatic nitrogens is 3. The van der Waals surface area contributed by atoms with E-state index < -0.39 is 0 Å². The average molecular weight is 480 g/mol. The van der Waals surface area contributed by atoms with Gasteiger partial charge in [-0.1, -0.05) is 17.7 Å². The molecule has 0 spiro atoms. The number of halogens is 1. The number of aryl methyl sites for hydroxylation is 1. The Labute approximate surface area is 203 Å². The van der Waals surface area contributed by atoms with Crippen molar-refractivity contribution in [3.63, 3.8) is 0 Å². The lowest BCUT2D eigenvalue weighted by atomic mass is 10.1. The van der Waals surface area contributed by atoms with Gasteiger partial charge in [0.1, 0.15) is 0 Å².